The smallest absolute Gasteiger partial charge is 0.122 e. The van der Waals surface area contributed by atoms with Gasteiger partial charge in [0, 0.05) is 5.92 Å². The third-order valence-corrected chi connectivity index (χ3v) is 4.66. The molecule has 0 saturated heterocycles. The second-order valence-electron chi connectivity index (χ2n) is 6.30. The zero-order valence-electron chi connectivity index (χ0n) is 15.2. The zero-order valence-corrected chi connectivity index (χ0v) is 15.2. The molecule has 0 aliphatic carbocycles. The number of aryl methyl sites for hydroxylation is 2. The van der Waals surface area contributed by atoms with Gasteiger partial charge in [-0.3, -0.25) is 0 Å². The molecule has 0 aromatic heterocycles. The standard InChI is InChI=1S/C23H24O2/c1-16-10-12-19(14-21(16)24-3)23(18-8-6-5-7-9-18)20-13-11-17(2)22(15-20)25-4/h5-15,23H,1-4H3. The normalized spacial score (nSPS) is 10.8. The van der Waals surface area contributed by atoms with Crippen LogP contribution < -0.4 is 9.47 Å². The molecule has 25 heavy (non-hydrogen) atoms. The van der Waals surface area contributed by atoms with E-state index in [0.29, 0.717) is 0 Å². The predicted molar refractivity (Wildman–Crippen MR) is 103 cm³/mol. The van der Waals surface area contributed by atoms with Gasteiger partial charge in [-0.1, -0.05) is 54.6 Å². The van der Waals surface area contributed by atoms with Crippen LogP contribution in [-0.4, -0.2) is 14.2 Å². The number of methoxy groups -OCH3 is 2. The minimum Gasteiger partial charge on any atom is -0.496 e. The van der Waals surface area contributed by atoms with E-state index in [1.165, 1.54) is 16.7 Å². The van der Waals surface area contributed by atoms with Gasteiger partial charge in [-0.05, 0) is 53.8 Å². The molecule has 0 bridgehead atoms. The monoisotopic (exact) mass is 332 g/mol. The minimum atomic E-state index is 0.130. The first-order valence-electron chi connectivity index (χ1n) is 8.48. The van der Waals surface area contributed by atoms with Crippen LogP contribution in [0.3, 0.4) is 0 Å². The van der Waals surface area contributed by atoms with Crippen molar-refractivity contribution in [1.82, 2.24) is 0 Å². The second kappa shape index (κ2) is 7.43. The van der Waals surface area contributed by atoms with Gasteiger partial charge in [0.25, 0.3) is 0 Å². The molecule has 128 valence electrons. The minimum absolute atomic E-state index is 0.130. The maximum atomic E-state index is 5.55. The molecule has 2 heteroatoms. The van der Waals surface area contributed by atoms with Crippen LogP contribution in [0, 0.1) is 13.8 Å². The molecule has 3 aromatic rings. The fraction of sp³-hybridized carbons (Fsp3) is 0.217. The fourth-order valence-corrected chi connectivity index (χ4v) is 3.26. The molecule has 0 amide bonds. The Morgan fingerprint density at radius 3 is 1.52 bits per heavy atom. The van der Waals surface area contributed by atoms with Gasteiger partial charge in [-0.25, -0.2) is 0 Å². The Morgan fingerprint density at radius 2 is 1.08 bits per heavy atom. The van der Waals surface area contributed by atoms with Gasteiger partial charge in [0.15, 0.2) is 0 Å². The highest BCUT2D eigenvalue weighted by atomic mass is 16.5. The molecular formula is C23H24O2. The van der Waals surface area contributed by atoms with Crippen molar-refractivity contribution in [2.24, 2.45) is 0 Å². The van der Waals surface area contributed by atoms with E-state index in [0.717, 1.165) is 22.6 Å². The molecule has 0 unspecified atom stereocenters. The van der Waals surface area contributed by atoms with E-state index < -0.39 is 0 Å². The van der Waals surface area contributed by atoms with E-state index >= 15 is 0 Å². The van der Waals surface area contributed by atoms with E-state index in [1.807, 2.05) is 6.07 Å². The van der Waals surface area contributed by atoms with Crippen molar-refractivity contribution in [3.8, 4) is 11.5 Å². The second-order valence-corrected chi connectivity index (χ2v) is 6.30. The van der Waals surface area contributed by atoms with Gasteiger partial charge in [-0.2, -0.15) is 0 Å². The summed E-state index contributed by atoms with van der Waals surface area (Å²) in [6, 6.07) is 23.4. The number of rotatable bonds is 5. The highest BCUT2D eigenvalue weighted by Gasteiger charge is 2.19. The van der Waals surface area contributed by atoms with Crippen molar-refractivity contribution in [3.05, 3.63) is 94.5 Å². The molecule has 2 nitrogen and oxygen atoms in total. The Labute approximate surface area is 150 Å². The average molecular weight is 332 g/mol. The maximum absolute atomic E-state index is 5.55. The lowest BCUT2D eigenvalue weighted by Gasteiger charge is -2.21. The summed E-state index contributed by atoms with van der Waals surface area (Å²) in [5.41, 5.74) is 5.94. The summed E-state index contributed by atoms with van der Waals surface area (Å²) in [5, 5.41) is 0. The largest absolute Gasteiger partial charge is 0.496 e. The molecule has 0 atom stereocenters. The Kier molecular flexibility index (Phi) is 5.08. The van der Waals surface area contributed by atoms with Gasteiger partial charge in [0.1, 0.15) is 11.5 Å². The highest BCUT2D eigenvalue weighted by molar-refractivity contribution is 5.50. The van der Waals surface area contributed by atoms with Crippen LogP contribution in [0.1, 0.15) is 33.7 Å². The van der Waals surface area contributed by atoms with Gasteiger partial charge < -0.3 is 9.47 Å². The van der Waals surface area contributed by atoms with Crippen molar-refractivity contribution in [2.45, 2.75) is 19.8 Å². The molecule has 0 spiro atoms. The first-order chi connectivity index (χ1) is 12.1. The van der Waals surface area contributed by atoms with E-state index in [4.69, 9.17) is 9.47 Å². The third kappa shape index (κ3) is 3.53. The summed E-state index contributed by atoms with van der Waals surface area (Å²) in [6.07, 6.45) is 0. The quantitative estimate of drug-likeness (QED) is 0.574. The molecule has 0 radical (unpaired) electrons. The molecule has 3 aromatic carbocycles. The lowest BCUT2D eigenvalue weighted by atomic mass is 9.84. The van der Waals surface area contributed by atoms with Crippen molar-refractivity contribution >= 4 is 0 Å². The fourth-order valence-electron chi connectivity index (χ4n) is 3.26. The van der Waals surface area contributed by atoms with Crippen LogP contribution >= 0.6 is 0 Å². The van der Waals surface area contributed by atoms with Gasteiger partial charge >= 0.3 is 0 Å². The summed E-state index contributed by atoms with van der Waals surface area (Å²) in [6.45, 7) is 4.13. The molecule has 3 rings (SSSR count). The SMILES string of the molecule is COc1cc(C(c2ccccc2)c2ccc(C)c(OC)c2)ccc1C. The van der Waals surface area contributed by atoms with E-state index in [9.17, 15) is 0 Å². The van der Waals surface area contributed by atoms with Crippen molar-refractivity contribution in [3.63, 3.8) is 0 Å². The van der Waals surface area contributed by atoms with Crippen LogP contribution in [0.25, 0.3) is 0 Å². The van der Waals surface area contributed by atoms with Crippen molar-refractivity contribution < 1.29 is 9.47 Å². The molecular weight excluding hydrogens is 308 g/mol. The summed E-state index contributed by atoms with van der Waals surface area (Å²) >= 11 is 0. The molecule has 0 N–H and O–H groups in total. The van der Waals surface area contributed by atoms with Crippen LogP contribution in [0.15, 0.2) is 66.7 Å². The van der Waals surface area contributed by atoms with Crippen molar-refractivity contribution in [2.75, 3.05) is 14.2 Å². The zero-order chi connectivity index (χ0) is 17.8. The Hall–Kier alpha value is -2.74. The first kappa shape index (κ1) is 17.1. The van der Waals surface area contributed by atoms with Gasteiger partial charge in [0.05, 0.1) is 14.2 Å². The number of hydrogen-bond donors (Lipinski definition) is 0. The van der Waals surface area contributed by atoms with E-state index in [-0.39, 0.29) is 5.92 Å². The van der Waals surface area contributed by atoms with E-state index in [1.54, 1.807) is 14.2 Å². The Balaban J connectivity index is 2.17. The summed E-state index contributed by atoms with van der Waals surface area (Å²) in [5.74, 6) is 1.96. The van der Waals surface area contributed by atoms with Gasteiger partial charge in [-0.15, -0.1) is 0 Å². The summed E-state index contributed by atoms with van der Waals surface area (Å²) in [7, 11) is 3.44. The Bertz CT molecular complexity index is 800. The lowest BCUT2D eigenvalue weighted by molar-refractivity contribution is 0.410. The maximum Gasteiger partial charge on any atom is 0.122 e. The molecule has 0 fully saturated rings. The summed E-state index contributed by atoms with van der Waals surface area (Å²) in [4.78, 5) is 0. The Morgan fingerprint density at radius 1 is 0.600 bits per heavy atom. The topological polar surface area (TPSA) is 18.5 Å². The average Bonchev–Trinajstić information content (AvgIpc) is 2.65. The molecule has 0 saturated carbocycles. The highest BCUT2D eigenvalue weighted by Crippen LogP contribution is 2.36. The summed E-state index contributed by atoms with van der Waals surface area (Å²) < 4.78 is 11.1. The number of ether oxygens (including phenoxy) is 2. The van der Waals surface area contributed by atoms with Crippen LogP contribution in [0.4, 0.5) is 0 Å². The van der Waals surface area contributed by atoms with Crippen molar-refractivity contribution in [1.29, 1.82) is 0 Å². The van der Waals surface area contributed by atoms with Crippen LogP contribution in [0.2, 0.25) is 0 Å². The molecule has 0 aliphatic heterocycles. The number of hydrogen-bond acceptors (Lipinski definition) is 2. The number of benzene rings is 3. The van der Waals surface area contributed by atoms with Crippen LogP contribution in [0.5, 0.6) is 11.5 Å². The van der Waals surface area contributed by atoms with E-state index in [2.05, 4.69) is 74.5 Å². The predicted octanol–water partition coefficient (Wildman–Crippen LogP) is 5.50. The molecule has 0 heterocycles. The van der Waals surface area contributed by atoms with Crippen LogP contribution in [-0.2, 0) is 0 Å². The molecule has 0 aliphatic rings. The van der Waals surface area contributed by atoms with Gasteiger partial charge in [0.2, 0.25) is 0 Å². The first-order valence-corrected chi connectivity index (χ1v) is 8.48. The third-order valence-electron chi connectivity index (χ3n) is 4.66. The lowest BCUT2D eigenvalue weighted by Crippen LogP contribution is -2.05.